The number of hydrogen-bond acceptors (Lipinski definition) is 5. The average molecular weight is 319 g/mol. The van der Waals surface area contributed by atoms with E-state index in [-0.39, 0.29) is 6.61 Å². The standard InChI is InChI=1S/C12H15BrO5/c1-17-8-4-6(13)2-3-7(8)12-11(16)10(15)9(5-14)18-12/h2-4,9-12,14-16H,5H2,1H3/t9-,10?,11+,12+/m1/s1. The van der Waals surface area contributed by atoms with Crippen LogP contribution in [0.25, 0.3) is 0 Å². The Morgan fingerprint density at radius 1 is 1.33 bits per heavy atom. The van der Waals surface area contributed by atoms with Crippen LogP contribution >= 0.6 is 15.9 Å². The lowest BCUT2D eigenvalue weighted by Gasteiger charge is -2.18. The van der Waals surface area contributed by atoms with Crippen molar-refractivity contribution in [3.05, 3.63) is 28.2 Å². The summed E-state index contributed by atoms with van der Waals surface area (Å²) in [6.45, 7) is -0.340. The minimum absolute atomic E-state index is 0.340. The second-order valence-electron chi connectivity index (χ2n) is 4.15. The van der Waals surface area contributed by atoms with Crippen molar-refractivity contribution < 1.29 is 24.8 Å². The molecule has 1 fully saturated rings. The fourth-order valence-electron chi connectivity index (χ4n) is 2.08. The minimum Gasteiger partial charge on any atom is -0.496 e. The first-order valence-electron chi connectivity index (χ1n) is 5.54. The van der Waals surface area contributed by atoms with E-state index < -0.39 is 24.4 Å². The van der Waals surface area contributed by atoms with Crippen LogP contribution in [-0.4, -0.2) is 47.3 Å². The summed E-state index contributed by atoms with van der Waals surface area (Å²) in [5, 5.41) is 28.7. The third-order valence-electron chi connectivity index (χ3n) is 3.04. The number of benzene rings is 1. The summed E-state index contributed by atoms with van der Waals surface area (Å²) in [6, 6.07) is 5.31. The van der Waals surface area contributed by atoms with E-state index in [1.807, 2.05) is 0 Å². The highest BCUT2D eigenvalue weighted by Gasteiger charge is 2.43. The summed E-state index contributed by atoms with van der Waals surface area (Å²) >= 11 is 3.33. The summed E-state index contributed by atoms with van der Waals surface area (Å²) in [5.74, 6) is 0.555. The third-order valence-corrected chi connectivity index (χ3v) is 3.54. The molecule has 5 nitrogen and oxygen atoms in total. The summed E-state index contributed by atoms with van der Waals surface area (Å²) in [7, 11) is 1.52. The summed E-state index contributed by atoms with van der Waals surface area (Å²) in [4.78, 5) is 0. The van der Waals surface area contributed by atoms with Gasteiger partial charge < -0.3 is 24.8 Å². The van der Waals surface area contributed by atoms with Crippen LogP contribution in [0.1, 0.15) is 11.7 Å². The van der Waals surface area contributed by atoms with Crippen molar-refractivity contribution in [3.8, 4) is 5.75 Å². The Hall–Kier alpha value is -0.660. The Balaban J connectivity index is 2.32. The van der Waals surface area contributed by atoms with Gasteiger partial charge in [0.05, 0.1) is 13.7 Å². The molecule has 1 aromatic carbocycles. The van der Waals surface area contributed by atoms with Gasteiger partial charge in [0, 0.05) is 10.0 Å². The van der Waals surface area contributed by atoms with Crippen LogP contribution in [-0.2, 0) is 4.74 Å². The lowest BCUT2D eigenvalue weighted by Crippen LogP contribution is -2.32. The molecule has 1 heterocycles. The zero-order valence-corrected chi connectivity index (χ0v) is 11.4. The number of hydrogen-bond donors (Lipinski definition) is 3. The predicted molar refractivity (Wildman–Crippen MR) is 67.4 cm³/mol. The second kappa shape index (κ2) is 5.54. The van der Waals surface area contributed by atoms with Gasteiger partial charge in [-0.05, 0) is 12.1 Å². The molecule has 6 heteroatoms. The number of aliphatic hydroxyl groups excluding tert-OH is 3. The van der Waals surface area contributed by atoms with Gasteiger partial charge in [0.15, 0.2) is 0 Å². The van der Waals surface area contributed by atoms with Gasteiger partial charge >= 0.3 is 0 Å². The Bertz CT molecular complexity index is 425. The molecule has 0 bridgehead atoms. The largest absolute Gasteiger partial charge is 0.496 e. The first-order chi connectivity index (χ1) is 8.58. The number of ether oxygens (including phenoxy) is 2. The normalized spacial score (nSPS) is 31.6. The first-order valence-corrected chi connectivity index (χ1v) is 6.33. The van der Waals surface area contributed by atoms with Crippen molar-refractivity contribution in [2.45, 2.75) is 24.4 Å². The van der Waals surface area contributed by atoms with Crippen molar-refractivity contribution in [1.29, 1.82) is 0 Å². The molecule has 0 radical (unpaired) electrons. The van der Waals surface area contributed by atoms with E-state index in [1.54, 1.807) is 18.2 Å². The zero-order valence-electron chi connectivity index (χ0n) is 9.78. The van der Waals surface area contributed by atoms with Gasteiger partial charge in [0.25, 0.3) is 0 Å². The number of rotatable bonds is 3. The third kappa shape index (κ3) is 2.39. The van der Waals surface area contributed by atoms with E-state index >= 15 is 0 Å². The molecule has 1 aliphatic rings. The molecular formula is C12H15BrO5. The lowest BCUT2D eigenvalue weighted by atomic mass is 10.0. The van der Waals surface area contributed by atoms with Crippen LogP contribution in [0.3, 0.4) is 0 Å². The predicted octanol–water partition coefficient (Wildman–Crippen LogP) is 0.612. The van der Waals surface area contributed by atoms with Crippen LogP contribution in [0.2, 0.25) is 0 Å². The van der Waals surface area contributed by atoms with Crippen molar-refractivity contribution >= 4 is 15.9 Å². The molecule has 4 atom stereocenters. The molecular weight excluding hydrogens is 304 g/mol. The molecule has 0 aromatic heterocycles. The van der Waals surface area contributed by atoms with E-state index in [4.69, 9.17) is 14.6 Å². The maximum Gasteiger partial charge on any atom is 0.125 e. The van der Waals surface area contributed by atoms with Gasteiger partial charge in [-0.2, -0.15) is 0 Å². The number of aliphatic hydroxyl groups is 3. The van der Waals surface area contributed by atoms with Crippen LogP contribution in [0.15, 0.2) is 22.7 Å². The lowest BCUT2D eigenvalue weighted by molar-refractivity contribution is -0.0233. The molecule has 1 unspecified atom stereocenters. The molecule has 0 spiro atoms. The van der Waals surface area contributed by atoms with Gasteiger partial charge in [-0.1, -0.05) is 22.0 Å². The maximum absolute atomic E-state index is 9.95. The zero-order chi connectivity index (χ0) is 13.3. The van der Waals surface area contributed by atoms with E-state index in [9.17, 15) is 10.2 Å². The SMILES string of the molecule is COc1cc(Br)ccc1[C@@H]1O[C@H](CO)C(O)[C@@H]1O. The van der Waals surface area contributed by atoms with E-state index in [0.29, 0.717) is 11.3 Å². The molecule has 18 heavy (non-hydrogen) atoms. The molecule has 1 saturated heterocycles. The fourth-order valence-corrected chi connectivity index (χ4v) is 2.42. The van der Waals surface area contributed by atoms with Crippen molar-refractivity contribution in [2.75, 3.05) is 13.7 Å². The van der Waals surface area contributed by atoms with Crippen molar-refractivity contribution in [3.63, 3.8) is 0 Å². The van der Waals surface area contributed by atoms with E-state index in [2.05, 4.69) is 15.9 Å². The minimum atomic E-state index is -1.10. The van der Waals surface area contributed by atoms with Crippen molar-refractivity contribution in [1.82, 2.24) is 0 Å². The van der Waals surface area contributed by atoms with Gasteiger partial charge in [0.2, 0.25) is 0 Å². The Morgan fingerprint density at radius 3 is 2.61 bits per heavy atom. The molecule has 100 valence electrons. The summed E-state index contributed by atoms with van der Waals surface area (Å²) in [6.07, 6.45) is -3.68. The van der Waals surface area contributed by atoms with Crippen molar-refractivity contribution in [2.24, 2.45) is 0 Å². The Morgan fingerprint density at radius 2 is 2.06 bits per heavy atom. The molecule has 0 saturated carbocycles. The molecule has 1 aliphatic heterocycles. The average Bonchev–Trinajstić information content (AvgIpc) is 2.66. The number of halogens is 1. The molecule has 1 aromatic rings. The van der Waals surface area contributed by atoms with Gasteiger partial charge in [0.1, 0.15) is 30.2 Å². The topological polar surface area (TPSA) is 79.2 Å². The van der Waals surface area contributed by atoms with Crippen LogP contribution < -0.4 is 4.74 Å². The molecule has 0 aliphatic carbocycles. The van der Waals surface area contributed by atoms with Gasteiger partial charge in [-0.15, -0.1) is 0 Å². The van der Waals surface area contributed by atoms with E-state index in [1.165, 1.54) is 7.11 Å². The molecule has 0 amide bonds. The van der Waals surface area contributed by atoms with Crippen LogP contribution in [0.5, 0.6) is 5.75 Å². The molecule has 2 rings (SSSR count). The highest BCUT2D eigenvalue weighted by atomic mass is 79.9. The van der Waals surface area contributed by atoms with Gasteiger partial charge in [-0.25, -0.2) is 0 Å². The van der Waals surface area contributed by atoms with Crippen LogP contribution in [0, 0.1) is 0 Å². The summed E-state index contributed by atoms with van der Waals surface area (Å²) in [5.41, 5.74) is 0.642. The highest BCUT2D eigenvalue weighted by molar-refractivity contribution is 9.10. The fraction of sp³-hybridized carbons (Fsp3) is 0.500. The van der Waals surface area contributed by atoms with Gasteiger partial charge in [-0.3, -0.25) is 0 Å². The monoisotopic (exact) mass is 318 g/mol. The molecule has 3 N–H and O–H groups in total. The Kier molecular flexibility index (Phi) is 4.24. The Labute approximate surface area is 113 Å². The quantitative estimate of drug-likeness (QED) is 0.761. The second-order valence-corrected chi connectivity index (χ2v) is 5.06. The van der Waals surface area contributed by atoms with E-state index in [0.717, 1.165) is 4.47 Å². The first kappa shape index (κ1) is 13.8. The summed E-state index contributed by atoms with van der Waals surface area (Å²) < 4.78 is 11.5. The highest BCUT2D eigenvalue weighted by Crippen LogP contribution is 2.38. The smallest absolute Gasteiger partial charge is 0.125 e. The van der Waals surface area contributed by atoms with Crippen LogP contribution in [0.4, 0.5) is 0 Å². The maximum atomic E-state index is 9.95. The number of methoxy groups -OCH3 is 1.